The number of aryl methyl sites for hydroxylation is 1. The molecule has 150 valence electrons. The normalized spacial score (nSPS) is 18.2. The van der Waals surface area contributed by atoms with Crippen molar-refractivity contribution in [3.8, 4) is 0 Å². The molecule has 1 heterocycles. The summed E-state index contributed by atoms with van der Waals surface area (Å²) in [6, 6.07) is 3.43. The third-order valence-electron chi connectivity index (χ3n) is 4.20. The van der Waals surface area contributed by atoms with Gasteiger partial charge in [-0.25, -0.2) is 14.2 Å². The van der Waals surface area contributed by atoms with Crippen LogP contribution in [-0.2, 0) is 25.5 Å². The molecule has 0 fully saturated rings. The molecule has 1 atom stereocenters. The van der Waals surface area contributed by atoms with Gasteiger partial charge in [-0.3, -0.25) is 8.98 Å². The molecule has 10 heteroatoms. The highest BCUT2D eigenvalue weighted by Gasteiger charge is 2.31. The maximum atomic E-state index is 13.9. The highest BCUT2D eigenvalue weighted by atomic mass is 35.5. The molecule has 27 heavy (non-hydrogen) atoms. The standard InChI is InChI=1S/C17H21ClF2N2O4S/c1-10-6-12(16-11(2)7-15(23)21-22-16)8-14(18)13(10)4-5-17(19,20)9-26-27(3,24)25/h6,8,11H,4-5,7,9H2,1-3H3,(H,21,23)/t11-/m1/s1. The Balaban J connectivity index is 2.14. The van der Waals surface area contributed by atoms with Gasteiger partial charge in [0, 0.05) is 23.8 Å². The highest BCUT2D eigenvalue weighted by Crippen LogP contribution is 2.30. The number of nitrogens with zero attached hydrogens (tertiary/aromatic N) is 1. The van der Waals surface area contributed by atoms with Gasteiger partial charge in [-0.15, -0.1) is 0 Å². The summed E-state index contributed by atoms with van der Waals surface area (Å²) in [5, 5.41) is 4.39. The lowest BCUT2D eigenvalue weighted by Gasteiger charge is -2.21. The molecule has 1 amide bonds. The molecule has 1 aromatic rings. The molecular formula is C17H21ClF2N2O4S. The number of amides is 1. The number of rotatable bonds is 7. The fourth-order valence-electron chi connectivity index (χ4n) is 2.81. The van der Waals surface area contributed by atoms with Crippen LogP contribution in [-0.4, -0.2) is 38.8 Å². The lowest BCUT2D eigenvalue weighted by Crippen LogP contribution is -2.32. The summed E-state index contributed by atoms with van der Waals surface area (Å²) in [7, 11) is -3.93. The van der Waals surface area contributed by atoms with E-state index in [-0.39, 0.29) is 18.2 Å². The molecule has 0 unspecified atom stereocenters. The molecule has 6 nitrogen and oxygen atoms in total. The Morgan fingerprint density at radius 2 is 2.07 bits per heavy atom. The molecule has 1 aliphatic heterocycles. The van der Waals surface area contributed by atoms with Crippen molar-refractivity contribution >= 4 is 33.3 Å². The second-order valence-corrected chi connectivity index (χ2v) is 8.76. The van der Waals surface area contributed by atoms with Gasteiger partial charge >= 0.3 is 0 Å². The van der Waals surface area contributed by atoms with Crippen molar-refractivity contribution in [3.63, 3.8) is 0 Å². The molecule has 0 bridgehead atoms. The minimum Gasteiger partial charge on any atom is -0.273 e. The molecule has 2 rings (SSSR count). The van der Waals surface area contributed by atoms with Crippen LogP contribution in [0.25, 0.3) is 0 Å². The fraction of sp³-hybridized carbons (Fsp3) is 0.529. The van der Waals surface area contributed by atoms with Crippen molar-refractivity contribution in [1.82, 2.24) is 5.43 Å². The van der Waals surface area contributed by atoms with Crippen LogP contribution >= 0.6 is 11.6 Å². The van der Waals surface area contributed by atoms with E-state index in [1.807, 2.05) is 6.92 Å². The van der Waals surface area contributed by atoms with Crippen LogP contribution in [0.3, 0.4) is 0 Å². The average molecular weight is 423 g/mol. The van der Waals surface area contributed by atoms with Crippen LogP contribution in [0.4, 0.5) is 8.78 Å². The van der Waals surface area contributed by atoms with Crippen molar-refractivity contribution in [3.05, 3.63) is 33.8 Å². The molecule has 1 aliphatic rings. The monoisotopic (exact) mass is 422 g/mol. The predicted molar refractivity (Wildman–Crippen MR) is 98.7 cm³/mol. The number of carbonyl (C=O) groups excluding carboxylic acids is 1. The predicted octanol–water partition coefficient (Wildman–Crippen LogP) is 3.05. The van der Waals surface area contributed by atoms with Crippen LogP contribution in [0.5, 0.6) is 0 Å². The summed E-state index contributed by atoms with van der Waals surface area (Å²) in [4.78, 5) is 11.4. The van der Waals surface area contributed by atoms with Gasteiger partial charge in [0.15, 0.2) is 0 Å². The van der Waals surface area contributed by atoms with Crippen molar-refractivity contribution in [2.24, 2.45) is 11.0 Å². The Morgan fingerprint density at radius 1 is 1.41 bits per heavy atom. The zero-order chi connectivity index (χ0) is 20.4. The van der Waals surface area contributed by atoms with E-state index in [1.54, 1.807) is 19.1 Å². The second kappa shape index (κ2) is 8.20. The summed E-state index contributed by atoms with van der Waals surface area (Å²) in [6.45, 7) is 2.42. The number of nitrogens with one attached hydrogen (secondary N) is 1. The third kappa shape index (κ3) is 6.22. The summed E-state index contributed by atoms with van der Waals surface area (Å²) < 4.78 is 53.7. The molecular weight excluding hydrogens is 402 g/mol. The van der Waals surface area contributed by atoms with Gasteiger partial charge in [-0.1, -0.05) is 18.5 Å². The molecule has 0 saturated heterocycles. The first-order chi connectivity index (χ1) is 12.4. The first-order valence-corrected chi connectivity index (χ1v) is 10.5. The van der Waals surface area contributed by atoms with Gasteiger partial charge in [0.2, 0.25) is 5.91 Å². The van der Waals surface area contributed by atoms with E-state index in [0.717, 1.165) is 11.8 Å². The van der Waals surface area contributed by atoms with Gasteiger partial charge in [0.1, 0.15) is 6.61 Å². The Bertz CT molecular complexity index is 849. The van der Waals surface area contributed by atoms with Crippen molar-refractivity contribution < 1.29 is 26.2 Å². The third-order valence-corrected chi connectivity index (χ3v) is 5.08. The first-order valence-electron chi connectivity index (χ1n) is 8.26. The number of halogens is 3. The van der Waals surface area contributed by atoms with E-state index in [4.69, 9.17) is 11.6 Å². The maximum absolute atomic E-state index is 13.9. The molecule has 0 radical (unpaired) electrons. The van der Waals surface area contributed by atoms with Crippen molar-refractivity contribution in [1.29, 1.82) is 0 Å². The Labute approximate surface area is 162 Å². The average Bonchev–Trinajstić information content (AvgIpc) is 2.51. The number of hydrazone groups is 1. The van der Waals surface area contributed by atoms with E-state index < -0.39 is 29.1 Å². The largest absolute Gasteiger partial charge is 0.273 e. The summed E-state index contributed by atoms with van der Waals surface area (Å²) >= 11 is 6.29. The van der Waals surface area contributed by atoms with E-state index in [9.17, 15) is 22.0 Å². The second-order valence-electron chi connectivity index (χ2n) is 6.71. The van der Waals surface area contributed by atoms with Crippen LogP contribution in [0.15, 0.2) is 17.2 Å². The van der Waals surface area contributed by atoms with E-state index in [0.29, 0.717) is 28.3 Å². The van der Waals surface area contributed by atoms with Crippen molar-refractivity contribution in [2.75, 3.05) is 12.9 Å². The first kappa shape index (κ1) is 21.7. The minimum atomic E-state index is -3.93. The SMILES string of the molecule is Cc1cc(C2=NNC(=O)C[C@H]2C)cc(Cl)c1CCC(F)(F)COS(C)(=O)=O. The number of hydrogen-bond acceptors (Lipinski definition) is 5. The highest BCUT2D eigenvalue weighted by molar-refractivity contribution is 7.85. The lowest BCUT2D eigenvalue weighted by molar-refractivity contribution is -0.121. The molecule has 0 saturated carbocycles. The van der Waals surface area contributed by atoms with Crippen molar-refractivity contribution in [2.45, 2.75) is 39.0 Å². The quantitative estimate of drug-likeness (QED) is 0.684. The Hall–Kier alpha value is -1.58. The summed E-state index contributed by atoms with van der Waals surface area (Å²) in [6.07, 6.45) is 0.393. The van der Waals surface area contributed by atoms with Gasteiger partial charge in [-0.2, -0.15) is 13.5 Å². The molecule has 0 aliphatic carbocycles. The van der Waals surface area contributed by atoms with Gasteiger partial charge in [0.25, 0.3) is 16.0 Å². The fourth-order valence-corrected chi connectivity index (χ4v) is 3.56. The van der Waals surface area contributed by atoms with E-state index in [1.165, 1.54) is 0 Å². The topological polar surface area (TPSA) is 84.8 Å². The maximum Gasteiger partial charge on any atom is 0.272 e. The van der Waals surface area contributed by atoms with E-state index in [2.05, 4.69) is 14.7 Å². The number of benzene rings is 1. The number of carbonyl (C=O) groups is 1. The summed E-state index contributed by atoms with van der Waals surface area (Å²) in [5.74, 6) is -3.55. The smallest absolute Gasteiger partial charge is 0.272 e. The van der Waals surface area contributed by atoms with Crippen LogP contribution in [0.1, 0.15) is 36.5 Å². The minimum absolute atomic E-state index is 0.0379. The number of hydrogen-bond donors (Lipinski definition) is 1. The molecule has 1 aromatic carbocycles. The van der Waals surface area contributed by atoms with Gasteiger partial charge in [0.05, 0.1) is 12.0 Å². The molecule has 0 spiro atoms. The van der Waals surface area contributed by atoms with Gasteiger partial charge < -0.3 is 0 Å². The summed E-state index contributed by atoms with van der Waals surface area (Å²) in [5.41, 5.74) is 5.09. The van der Waals surface area contributed by atoms with Crippen LogP contribution in [0.2, 0.25) is 5.02 Å². The molecule has 0 aromatic heterocycles. The Kier molecular flexibility index (Phi) is 6.59. The zero-order valence-electron chi connectivity index (χ0n) is 15.2. The number of alkyl halides is 2. The zero-order valence-corrected chi connectivity index (χ0v) is 16.8. The van der Waals surface area contributed by atoms with Crippen LogP contribution in [0, 0.1) is 12.8 Å². The molecule has 1 N–H and O–H groups in total. The van der Waals surface area contributed by atoms with Crippen LogP contribution < -0.4 is 5.43 Å². The lowest BCUT2D eigenvalue weighted by atomic mass is 9.91. The Morgan fingerprint density at radius 3 is 2.63 bits per heavy atom. The van der Waals surface area contributed by atoms with E-state index >= 15 is 0 Å². The van der Waals surface area contributed by atoms with Gasteiger partial charge in [-0.05, 0) is 42.2 Å².